The van der Waals surface area contributed by atoms with Crippen LogP contribution in [0.4, 0.5) is 0 Å². The van der Waals surface area contributed by atoms with Crippen molar-refractivity contribution < 1.29 is 4.74 Å². The Bertz CT molecular complexity index is 326. The van der Waals surface area contributed by atoms with E-state index in [1.165, 1.54) is 31.2 Å². The number of methoxy groups -OCH3 is 1. The van der Waals surface area contributed by atoms with E-state index in [1.54, 1.807) is 7.11 Å². The molecule has 0 aliphatic heterocycles. The number of hydrogen-bond donors (Lipinski definition) is 1. The second kappa shape index (κ2) is 10.2. The summed E-state index contributed by atoms with van der Waals surface area (Å²) in [5.41, 5.74) is 1.34. The van der Waals surface area contributed by atoms with Crippen molar-refractivity contribution in [3.63, 3.8) is 0 Å². The fourth-order valence-corrected chi connectivity index (χ4v) is 2.32. The molecule has 0 amide bonds. The molecule has 108 valence electrons. The largest absolute Gasteiger partial charge is 0.385 e. The Balaban J connectivity index is 2.34. The van der Waals surface area contributed by atoms with Crippen molar-refractivity contribution in [2.45, 2.75) is 45.1 Å². The van der Waals surface area contributed by atoms with Crippen molar-refractivity contribution in [1.29, 1.82) is 0 Å². The molecule has 1 aromatic carbocycles. The molecular formula is C16H26ClNO. The van der Waals surface area contributed by atoms with Crippen molar-refractivity contribution in [3.8, 4) is 0 Å². The minimum Gasteiger partial charge on any atom is -0.385 e. The summed E-state index contributed by atoms with van der Waals surface area (Å²) >= 11 is 5.94. The highest BCUT2D eigenvalue weighted by molar-refractivity contribution is 6.30. The summed E-state index contributed by atoms with van der Waals surface area (Å²) in [5, 5.41) is 4.45. The SMILES string of the molecule is CCCC(NCCCCCOC)c1ccc(Cl)cc1. The number of unbranched alkanes of at least 4 members (excludes halogenated alkanes) is 2. The third-order valence-corrected chi connectivity index (χ3v) is 3.52. The number of halogens is 1. The highest BCUT2D eigenvalue weighted by Crippen LogP contribution is 2.20. The summed E-state index contributed by atoms with van der Waals surface area (Å²) in [7, 11) is 1.76. The van der Waals surface area contributed by atoms with Crippen molar-refractivity contribution in [1.82, 2.24) is 5.32 Å². The molecule has 1 unspecified atom stereocenters. The van der Waals surface area contributed by atoms with Crippen molar-refractivity contribution >= 4 is 11.6 Å². The maximum absolute atomic E-state index is 5.94. The molecule has 0 fully saturated rings. The molecule has 19 heavy (non-hydrogen) atoms. The molecule has 0 radical (unpaired) electrons. The van der Waals surface area contributed by atoms with Gasteiger partial charge in [-0.2, -0.15) is 0 Å². The van der Waals surface area contributed by atoms with Gasteiger partial charge in [-0.3, -0.25) is 0 Å². The van der Waals surface area contributed by atoms with Gasteiger partial charge in [-0.15, -0.1) is 0 Å². The van der Waals surface area contributed by atoms with Gasteiger partial charge in [0.05, 0.1) is 0 Å². The molecular weight excluding hydrogens is 258 g/mol. The van der Waals surface area contributed by atoms with Crippen LogP contribution < -0.4 is 5.32 Å². The number of benzene rings is 1. The third-order valence-electron chi connectivity index (χ3n) is 3.27. The second-order valence-electron chi connectivity index (χ2n) is 4.90. The normalized spacial score (nSPS) is 12.6. The van der Waals surface area contributed by atoms with Crippen LogP contribution >= 0.6 is 11.6 Å². The Hall–Kier alpha value is -0.570. The zero-order chi connectivity index (χ0) is 13.9. The summed E-state index contributed by atoms with van der Waals surface area (Å²) in [5.74, 6) is 0. The molecule has 1 N–H and O–H groups in total. The fraction of sp³-hybridized carbons (Fsp3) is 0.625. The minimum absolute atomic E-state index is 0.449. The number of nitrogens with one attached hydrogen (secondary N) is 1. The highest BCUT2D eigenvalue weighted by Gasteiger charge is 2.09. The molecule has 0 bridgehead atoms. The van der Waals surface area contributed by atoms with Crippen LogP contribution in [0.15, 0.2) is 24.3 Å². The van der Waals surface area contributed by atoms with Gasteiger partial charge in [-0.05, 0) is 49.9 Å². The van der Waals surface area contributed by atoms with E-state index in [4.69, 9.17) is 16.3 Å². The van der Waals surface area contributed by atoms with E-state index in [0.717, 1.165) is 24.6 Å². The number of ether oxygens (including phenoxy) is 1. The van der Waals surface area contributed by atoms with Crippen LogP contribution in [0.25, 0.3) is 0 Å². The molecule has 0 spiro atoms. The first-order valence-corrected chi connectivity index (χ1v) is 7.63. The molecule has 0 aromatic heterocycles. The Labute approximate surface area is 122 Å². The first-order chi connectivity index (χ1) is 9.27. The lowest BCUT2D eigenvalue weighted by Gasteiger charge is -2.18. The second-order valence-corrected chi connectivity index (χ2v) is 5.34. The minimum atomic E-state index is 0.449. The molecule has 1 rings (SSSR count). The van der Waals surface area contributed by atoms with E-state index in [9.17, 15) is 0 Å². The average Bonchev–Trinajstić information content (AvgIpc) is 2.42. The highest BCUT2D eigenvalue weighted by atomic mass is 35.5. The van der Waals surface area contributed by atoms with Crippen LogP contribution in [0.2, 0.25) is 5.02 Å². The van der Waals surface area contributed by atoms with Crippen molar-refractivity contribution in [3.05, 3.63) is 34.9 Å². The van der Waals surface area contributed by atoms with E-state index < -0.39 is 0 Å². The first-order valence-electron chi connectivity index (χ1n) is 7.25. The van der Waals surface area contributed by atoms with E-state index in [2.05, 4.69) is 24.4 Å². The van der Waals surface area contributed by atoms with Crippen LogP contribution in [-0.4, -0.2) is 20.3 Å². The summed E-state index contributed by atoms with van der Waals surface area (Å²) in [4.78, 5) is 0. The smallest absolute Gasteiger partial charge is 0.0462 e. The molecule has 0 aliphatic rings. The van der Waals surface area contributed by atoms with E-state index >= 15 is 0 Å². The van der Waals surface area contributed by atoms with Crippen LogP contribution in [0, 0.1) is 0 Å². The summed E-state index contributed by atoms with van der Waals surface area (Å²) in [6.45, 7) is 4.16. The van der Waals surface area contributed by atoms with E-state index in [1.807, 2.05) is 12.1 Å². The average molecular weight is 284 g/mol. The summed E-state index contributed by atoms with van der Waals surface area (Å²) in [6.07, 6.45) is 5.93. The van der Waals surface area contributed by atoms with Gasteiger partial charge in [-0.1, -0.05) is 37.1 Å². The third kappa shape index (κ3) is 6.95. The molecule has 1 atom stereocenters. The standard InChI is InChI=1S/C16H26ClNO/c1-3-7-16(14-8-10-15(17)11-9-14)18-12-5-4-6-13-19-2/h8-11,16,18H,3-7,12-13H2,1-2H3. The monoisotopic (exact) mass is 283 g/mol. The topological polar surface area (TPSA) is 21.3 Å². The number of rotatable bonds is 10. The van der Waals surface area contributed by atoms with E-state index in [0.29, 0.717) is 6.04 Å². The molecule has 0 heterocycles. The zero-order valence-electron chi connectivity index (χ0n) is 12.1. The van der Waals surface area contributed by atoms with Gasteiger partial charge >= 0.3 is 0 Å². The maximum Gasteiger partial charge on any atom is 0.0462 e. The summed E-state index contributed by atoms with van der Waals surface area (Å²) < 4.78 is 5.06. The lowest BCUT2D eigenvalue weighted by Crippen LogP contribution is -2.22. The quantitative estimate of drug-likeness (QED) is 0.634. The van der Waals surface area contributed by atoms with Crippen molar-refractivity contribution in [2.24, 2.45) is 0 Å². The summed E-state index contributed by atoms with van der Waals surface area (Å²) in [6, 6.07) is 8.64. The fourth-order valence-electron chi connectivity index (χ4n) is 2.19. The Kier molecular flexibility index (Phi) is 8.89. The van der Waals surface area contributed by atoms with Gasteiger partial charge in [0, 0.05) is 24.8 Å². The van der Waals surface area contributed by atoms with Crippen LogP contribution in [0.1, 0.15) is 50.6 Å². The molecule has 0 saturated carbocycles. The lowest BCUT2D eigenvalue weighted by atomic mass is 10.0. The maximum atomic E-state index is 5.94. The molecule has 3 heteroatoms. The Morgan fingerprint density at radius 3 is 2.53 bits per heavy atom. The zero-order valence-corrected chi connectivity index (χ0v) is 12.9. The van der Waals surface area contributed by atoms with Crippen molar-refractivity contribution in [2.75, 3.05) is 20.3 Å². The van der Waals surface area contributed by atoms with Crippen LogP contribution in [0.3, 0.4) is 0 Å². The van der Waals surface area contributed by atoms with Gasteiger partial charge < -0.3 is 10.1 Å². The lowest BCUT2D eigenvalue weighted by molar-refractivity contribution is 0.192. The molecule has 0 saturated heterocycles. The van der Waals surface area contributed by atoms with Crippen LogP contribution in [-0.2, 0) is 4.74 Å². The van der Waals surface area contributed by atoms with Gasteiger partial charge in [0.15, 0.2) is 0 Å². The van der Waals surface area contributed by atoms with Gasteiger partial charge in [-0.25, -0.2) is 0 Å². The van der Waals surface area contributed by atoms with E-state index in [-0.39, 0.29) is 0 Å². The molecule has 2 nitrogen and oxygen atoms in total. The van der Waals surface area contributed by atoms with Gasteiger partial charge in [0.25, 0.3) is 0 Å². The Morgan fingerprint density at radius 2 is 1.89 bits per heavy atom. The number of hydrogen-bond acceptors (Lipinski definition) is 2. The van der Waals surface area contributed by atoms with Gasteiger partial charge in [0.1, 0.15) is 0 Å². The molecule has 0 aliphatic carbocycles. The predicted octanol–water partition coefficient (Wildman–Crippen LogP) is 4.59. The predicted molar refractivity (Wildman–Crippen MR) is 82.8 cm³/mol. The van der Waals surface area contributed by atoms with Gasteiger partial charge in [0.2, 0.25) is 0 Å². The first kappa shape index (κ1) is 16.5. The molecule has 1 aromatic rings. The Morgan fingerprint density at radius 1 is 1.16 bits per heavy atom. The van der Waals surface area contributed by atoms with Crippen LogP contribution in [0.5, 0.6) is 0 Å².